The highest BCUT2D eigenvalue weighted by atomic mass is 32.2. The average Bonchev–Trinajstić information content (AvgIpc) is 3.07. The molecule has 1 aliphatic carbocycles. The van der Waals surface area contributed by atoms with E-state index in [1.807, 2.05) is 0 Å². The molecule has 1 aromatic rings. The lowest BCUT2D eigenvalue weighted by Crippen LogP contribution is -2.37. The number of aryl methyl sites for hydroxylation is 2. The molecule has 1 N–H and O–H groups in total. The number of sulfonamides is 1. The summed E-state index contributed by atoms with van der Waals surface area (Å²) in [4.78, 5) is 22.0. The predicted molar refractivity (Wildman–Crippen MR) is 88.7 cm³/mol. The highest BCUT2D eigenvalue weighted by Gasteiger charge is 2.57. The van der Waals surface area contributed by atoms with Crippen molar-refractivity contribution in [3.8, 4) is 0 Å². The second kappa shape index (κ2) is 5.77. The number of nitro groups is 1. The van der Waals surface area contributed by atoms with Crippen LogP contribution < -0.4 is 0 Å². The molecule has 0 spiro atoms. The lowest BCUT2D eigenvalue weighted by Gasteiger charge is -2.23. The summed E-state index contributed by atoms with van der Waals surface area (Å²) in [7, 11) is -4.14. The molecule has 1 saturated heterocycles. The molecule has 2 atom stereocenters. The van der Waals surface area contributed by atoms with Crippen molar-refractivity contribution >= 4 is 21.7 Å². The van der Waals surface area contributed by atoms with E-state index in [4.69, 9.17) is 0 Å². The standard InChI is InChI=1S/C16H20N2O6S/c1-10-6-13(18(21)22)14(7-11(10)2)25(23,24)17-8-12-4-3-5-16(12,9-17)15(19)20/h6-7,12H,3-5,8-9H2,1-2H3,(H,19,20)/t12-,16+/m0/s1. The van der Waals surface area contributed by atoms with Gasteiger partial charge >= 0.3 is 5.97 Å². The minimum Gasteiger partial charge on any atom is -0.481 e. The van der Waals surface area contributed by atoms with Crippen molar-refractivity contribution in [2.45, 2.75) is 38.0 Å². The molecule has 2 fully saturated rings. The Kier molecular flexibility index (Phi) is 4.11. The number of benzene rings is 1. The Morgan fingerprint density at radius 2 is 2.00 bits per heavy atom. The van der Waals surface area contributed by atoms with Gasteiger partial charge in [0, 0.05) is 19.2 Å². The topological polar surface area (TPSA) is 118 Å². The van der Waals surface area contributed by atoms with Gasteiger partial charge in [-0.3, -0.25) is 14.9 Å². The number of hydrogen-bond acceptors (Lipinski definition) is 5. The Morgan fingerprint density at radius 1 is 1.36 bits per heavy atom. The highest BCUT2D eigenvalue weighted by Crippen LogP contribution is 2.50. The number of rotatable bonds is 4. The van der Waals surface area contributed by atoms with Gasteiger partial charge in [0.1, 0.15) is 0 Å². The average molecular weight is 368 g/mol. The Morgan fingerprint density at radius 3 is 2.56 bits per heavy atom. The van der Waals surface area contributed by atoms with Crippen LogP contribution in [-0.4, -0.2) is 41.8 Å². The van der Waals surface area contributed by atoms with Gasteiger partial charge < -0.3 is 5.11 Å². The number of carbonyl (C=O) groups is 1. The third-order valence-corrected chi connectivity index (χ3v) is 7.50. The van der Waals surface area contributed by atoms with Crippen LogP contribution in [0.2, 0.25) is 0 Å². The molecule has 25 heavy (non-hydrogen) atoms. The fourth-order valence-corrected chi connectivity index (χ4v) is 5.82. The first-order valence-corrected chi connectivity index (χ1v) is 9.53. The SMILES string of the molecule is Cc1cc([N+](=O)[O-])c(S(=O)(=O)N2C[C@@H]3CCC[C@@]3(C(=O)O)C2)cc1C. The van der Waals surface area contributed by atoms with E-state index in [2.05, 4.69) is 0 Å². The molecule has 1 aliphatic heterocycles. The van der Waals surface area contributed by atoms with Crippen molar-refractivity contribution in [2.24, 2.45) is 11.3 Å². The molecule has 1 aromatic carbocycles. The van der Waals surface area contributed by atoms with Crippen molar-refractivity contribution in [3.63, 3.8) is 0 Å². The summed E-state index contributed by atoms with van der Waals surface area (Å²) in [5.41, 5.74) is -0.270. The molecule has 3 rings (SSSR count). The maximum Gasteiger partial charge on any atom is 0.311 e. The maximum absolute atomic E-state index is 13.0. The number of nitrogens with zero attached hydrogens (tertiary/aromatic N) is 2. The van der Waals surface area contributed by atoms with Gasteiger partial charge in [-0.2, -0.15) is 4.31 Å². The largest absolute Gasteiger partial charge is 0.481 e. The van der Waals surface area contributed by atoms with Crippen LogP contribution in [0.25, 0.3) is 0 Å². The fraction of sp³-hybridized carbons (Fsp3) is 0.562. The summed E-state index contributed by atoms with van der Waals surface area (Å²) in [5, 5.41) is 21.0. The van der Waals surface area contributed by atoms with E-state index in [0.717, 1.165) is 10.7 Å². The third-order valence-electron chi connectivity index (χ3n) is 5.66. The zero-order valence-electron chi connectivity index (χ0n) is 14.1. The molecule has 0 bridgehead atoms. The molecule has 1 saturated carbocycles. The molecule has 136 valence electrons. The van der Waals surface area contributed by atoms with Crippen LogP contribution >= 0.6 is 0 Å². The Hall–Kier alpha value is -2.00. The number of hydrogen-bond donors (Lipinski definition) is 1. The van der Waals surface area contributed by atoms with E-state index >= 15 is 0 Å². The molecule has 0 amide bonds. The summed E-state index contributed by atoms with van der Waals surface area (Å²) in [6, 6.07) is 2.57. The number of fused-ring (bicyclic) bond motifs is 1. The smallest absolute Gasteiger partial charge is 0.311 e. The van der Waals surface area contributed by atoms with Crippen LogP contribution in [0.5, 0.6) is 0 Å². The normalized spacial score (nSPS) is 26.6. The van der Waals surface area contributed by atoms with Crippen LogP contribution in [0.3, 0.4) is 0 Å². The quantitative estimate of drug-likeness (QED) is 0.642. The predicted octanol–water partition coefficient (Wildman–Crippen LogP) is 2.09. The molecule has 2 aliphatic rings. The summed E-state index contributed by atoms with van der Waals surface area (Å²) in [5.74, 6) is -1.23. The zero-order chi connectivity index (χ0) is 18.6. The van der Waals surface area contributed by atoms with E-state index in [1.165, 1.54) is 12.1 Å². The summed E-state index contributed by atoms with van der Waals surface area (Å²) in [6.07, 6.45) is 1.86. The van der Waals surface area contributed by atoms with E-state index < -0.39 is 32.0 Å². The summed E-state index contributed by atoms with van der Waals surface area (Å²) < 4.78 is 27.2. The van der Waals surface area contributed by atoms with Crippen LogP contribution in [-0.2, 0) is 14.8 Å². The molecule has 0 radical (unpaired) electrons. The van der Waals surface area contributed by atoms with Gasteiger partial charge in [-0.1, -0.05) is 6.42 Å². The first-order valence-electron chi connectivity index (χ1n) is 8.09. The first-order chi connectivity index (χ1) is 11.6. The first kappa shape index (κ1) is 17.8. The molecule has 0 unspecified atom stereocenters. The van der Waals surface area contributed by atoms with Gasteiger partial charge in [-0.15, -0.1) is 0 Å². The highest BCUT2D eigenvalue weighted by molar-refractivity contribution is 7.89. The molecule has 1 heterocycles. The van der Waals surface area contributed by atoms with Gasteiger partial charge in [0.25, 0.3) is 5.69 Å². The fourth-order valence-electron chi connectivity index (χ4n) is 4.04. The summed E-state index contributed by atoms with van der Waals surface area (Å²) in [6.45, 7) is 3.34. The number of nitro benzene ring substituents is 1. The lowest BCUT2D eigenvalue weighted by atomic mass is 9.81. The van der Waals surface area contributed by atoms with E-state index in [9.17, 15) is 28.4 Å². The van der Waals surface area contributed by atoms with Crippen molar-refractivity contribution in [1.29, 1.82) is 0 Å². The van der Waals surface area contributed by atoms with Gasteiger partial charge in [0.15, 0.2) is 4.90 Å². The van der Waals surface area contributed by atoms with E-state index in [0.29, 0.717) is 24.0 Å². The van der Waals surface area contributed by atoms with Gasteiger partial charge in [-0.05, 0) is 49.8 Å². The van der Waals surface area contributed by atoms with Crippen molar-refractivity contribution in [2.75, 3.05) is 13.1 Å². The number of carboxylic acids is 1. The van der Waals surface area contributed by atoms with Crippen molar-refractivity contribution < 1.29 is 23.2 Å². The van der Waals surface area contributed by atoms with E-state index in [-0.39, 0.29) is 23.9 Å². The van der Waals surface area contributed by atoms with Crippen LogP contribution in [0.15, 0.2) is 17.0 Å². The zero-order valence-corrected chi connectivity index (χ0v) is 14.9. The molecular weight excluding hydrogens is 348 g/mol. The Labute approximate surface area is 145 Å². The minimum absolute atomic E-state index is 0.0959. The molecule has 9 heteroatoms. The van der Waals surface area contributed by atoms with Gasteiger partial charge in [0.2, 0.25) is 10.0 Å². The Bertz CT molecular complexity index is 866. The summed E-state index contributed by atoms with van der Waals surface area (Å²) >= 11 is 0. The van der Waals surface area contributed by atoms with Gasteiger partial charge in [-0.25, -0.2) is 8.42 Å². The second-order valence-electron chi connectivity index (χ2n) is 7.01. The minimum atomic E-state index is -4.14. The second-order valence-corrected chi connectivity index (χ2v) is 8.92. The van der Waals surface area contributed by atoms with Crippen LogP contribution in [0.1, 0.15) is 30.4 Å². The van der Waals surface area contributed by atoms with Gasteiger partial charge in [0.05, 0.1) is 10.3 Å². The van der Waals surface area contributed by atoms with E-state index in [1.54, 1.807) is 13.8 Å². The lowest BCUT2D eigenvalue weighted by molar-refractivity contribution is -0.387. The van der Waals surface area contributed by atoms with Crippen molar-refractivity contribution in [1.82, 2.24) is 4.31 Å². The van der Waals surface area contributed by atoms with Crippen molar-refractivity contribution in [3.05, 3.63) is 33.4 Å². The molecule has 0 aromatic heterocycles. The van der Waals surface area contributed by atoms with Crippen LogP contribution in [0, 0.1) is 35.3 Å². The van der Waals surface area contributed by atoms with Crippen LogP contribution in [0.4, 0.5) is 5.69 Å². The third kappa shape index (κ3) is 2.62. The molecular formula is C16H20N2O6S. The number of aliphatic carboxylic acids is 1. The molecule has 8 nitrogen and oxygen atoms in total. The number of carboxylic acid groups (broad SMARTS) is 1. The monoisotopic (exact) mass is 368 g/mol. The Balaban J connectivity index is 2.06. The maximum atomic E-state index is 13.0.